The number of hydrogen-bond donors (Lipinski definition) is 3. The Kier molecular flexibility index (Phi) is 3.98. The summed E-state index contributed by atoms with van der Waals surface area (Å²) in [4.78, 5) is 17.4. The van der Waals surface area contributed by atoms with E-state index in [9.17, 15) is 15.2 Å². The van der Waals surface area contributed by atoms with E-state index in [2.05, 4.69) is 15.3 Å². The Morgan fingerprint density at radius 1 is 1.48 bits per heavy atom. The van der Waals surface area contributed by atoms with Gasteiger partial charge in [-0.15, -0.1) is 0 Å². The molecular formula is C15H17N5O3. The van der Waals surface area contributed by atoms with Gasteiger partial charge >= 0.3 is 5.82 Å². The third kappa shape index (κ3) is 2.88. The highest BCUT2D eigenvalue weighted by molar-refractivity contribution is 5.83. The Bertz CT molecular complexity index is 839. The Morgan fingerprint density at radius 2 is 2.26 bits per heavy atom. The Morgan fingerprint density at radius 3 is 3.00 bits per heavy atom. The molecule has 0 aliphatic heterocycles. The minimum atomic E-state index is -0.539. The van der Waals surface area contributed by atoms with Crippen LogP contribution in [0.2, 0.25) is 0 Å². The summed E-state index contributed by atoms with van der Waals surface area (Å²) < 4.78 is 1.54. The van der Waals surface area contributed by atoms with Crippen LogP contribution in [0.25, 0.3) is 10.9 Å². The number of aromatic nitrogens is 3. The molecule has 1 aromatic carbocycles. The number of nitro groups is 1. The van der Waals surface area contributed by atoms with Gasteiger partial charge in [-0.25, -0.2) is 0 Å². The van der Waals surface area contributed by atoms with E-state index in [4.69, 9.17) is 0 Å². The van der Waals surface area contributed by atoms with Gasteiger partial charge in [-0.1, -0.05) is 18.2 Å². The number of nitrogens with zero attached hydrogens (tertiary/aromatic N) is 3. The van der Waals surface area contributed by atoms with Crippen molar-refractivity contribution >= 4 is 22.5 Å². The van der Waals surface area contributed by atoms with Gasteiger partial charge in [0, 0.05) is 24.1 Å². The lowest BCUT2D eigenvalue weighted by Gasteiger charge is -2.16. The number of aliphatic hydroxyl groups excluding tert-OH is 1. The molecule has 8 heteroatoms. The second-order valence-electron chi connectivity index (χ2n) is 5.37. The average molecular weight is 315 g/mol. The van der Waals surface area contributed by atoms with E-state index in [1.807, 2.05) is 30.5 Å². The van der Waals surface area contributed by atoms with E-state index in [1.165, 1.54) is 10.9 Å². The average Bonchev–Trinajstić information content (AvgIpc) is 3.11. The molecule has 8 nitrogen and oxygen atoms in total. The summed E-state index contributed by atoms with van der Waals surface area (Å²) in [6, 6.07) is 7.52. The number of para-hydroxylation sites is 1. The fraction of sp³-hybridized carbons (Fsp3) is 0.267. The first kappa shape index (κ1) is 15.0. The lowest BCUT2D eigenvalue weighted by atomic mass is 10.1. The van der Waals surface area contributed by atoms with E-state index in [0.717, 1.165) is 16.5 Å². The minimum absolute atomic E-state index is 0.151. The molecule has 2 heterocycles. The molecule has 3 aromatic rings. The highest BCUT2D eigenvalue weighted by Gasteiger charge is 2.23. The summed E-state index contributed by atoms with van der Waals surface area (Å²) in [5, 5.41) is 24.8. The smallest absolute Gasteiger partial charge is 0.394 e. The molecule has 0 spiro atoms. The molecule has 0 amide bonds. The SMILES string of the molecule is Cn1cnc([N+](=O)[O-])c1N[C@H](CO)Cc1c[nH]c2ccccc12. The zero-order valence-corrected chi connectivity index (χ0v) is 12.6. The number of fused-ring (bicyclic) bond motifs is 1. The molecule has 0 fully saturated rings. The van der Waals surface area contributed by atoms with Crippen LogP contribution >= 0.6 is 0 Å². The van der Waals surface area contributed by atoms with Crippen molar-refractivity contribution in [3.8, 4) is 0 Å². The van der Waals surface area contributed by atoms with E-state index < -0.39 is 4.92 Å². The maximum atomic E-state index is 11.0. The van der Waals surface area contributed by atoms with E-state index >= 15 is 0 Å². The van der Waals surface area contributed by atoms with E-state index in [0.29, 0.717) is 6.42 Å². The van der Waals surface area contributed by atoms with E-state index in [1.54, 1.807) is 7.05 Å². The summed E-state index contributed by atoms with van der Waals surface area (Å²) in [6.07, 6.45) is 3.80. The predicted octanol–water partition coefficient (Wildman–Crippen LogP) is 1.83. The Labute approximate surface area is 131 Å². The largest absolute Gasteiger partial charge is 0.406 e. The molecule has 0 bridgehead atoms. The highest BCUT2D eigenvalue weighted by atomic mass is 16.6. The zero-order chi connectivity index (χ0) is 16.4. The number of rotatable bonds is 6. The second-order valence-corrected chi connectivity index (χ2v) is 5.37. The second kappa shape index (κ2) is 6.09. The number of aliphatic hydroxyl groups is 1. The molecule has 1 atom stereocenters. The highest BCUT2D eigenvalue weighted by Crippen LogP contribution is 2.24. The molecule has 120 valence electrons. The van der Waals surface area contributed by atoms with Crippen LogP contribution in [0.4, 0.5) is 11.6 Å². The predicted molar refractivity (Wildman–Crippen MR) is 86.4 cm³/mol. The molecule has 23 heavy (non-hydrogen) atoms. The Balaban J connectivity index is 1.84. The van der Waals surface area contributed by atoms with Gasteiger partial charge in [0.1, 0.15) is 0 Å². The number of nitrogens with one attached hydrogen (secondary N) is 2. The molecule has 0 saturated carbocycles. The summed E-state index contributed by atoms with van der Waals surface area (Å²) in [6.45, 7) is -0.151. The lowest BCUT2D eigenvalue weighted by molar-refractivity contribution is -0.388. The van der Waals surface area contributed by atoms with Crippen LogP contribution in [-0.4, -0.2) is 37.2 Å². The van der Waals surface area contributed by atoms with Crippen molar-refractivity contribution in [2.45, 2.75) is 12.5 Å². The fourth-order valence-corrected chi connectivity index (χ4v) is 2.64. The first-order valence-corrected chi connectivity index (χ1v) is 7.18. The fourth-order valence-electron chi connectivity index (χ4n) is 2.64. The maximum absolute atomic E-state index is 11.0. The van der Waals surface area contributed by atoms with Gasteiger partial charge in [0.2, 0.25) is 12.1 Å². The molecule has 3 rings (SSSR count). The van der Waals surface area contributed by atoms with Crippen LogP contribution in [0.3, 0.4) is 0 Å². The molecule has 0 unspecified atom stereocenters. The van der Waals surface area contributed by atoms with Crippen molar-refractivity contribution in [2.24, 2.45) is 7.05 Å². The monoisotopic (exact) mass is 315 g/mol. The molecule has 0 aliphatic carbocycles. The number of imidazole rings is 1. The van der Waals surface area contributed by atoms with E-state index in [-0.39, 0.29) is 24.3 Å². The van der Waals surface area contributed by atoms with Crippen LogP contribution in [0, 0.1) is 10.1 Å². The Hall–Kier alpha value is -2.87. The topological polar surface area (TPSA) is 109 Å². The van der Waals surface area contributed by atoms with Gasteiger partial charge in [-0.3, -0.25) is 4.57 Å². The molecule has 3 N–H and O–H groups in total. The number of benzene rings is 1. The van der Waals surface area contributed by atoms with Crippen molar-refractivity contribution in [3.63, 3.8) is 0 Å². The van der Waals surface area contributed by atoms with Gasteiger partial charge in [-0.2, -0.15) is 0 Å². The third-order valence-electron chi connectivity index (χ3n) is 3.79. The third-order valence-corrected chi connectivity index (χ3v) is 3.79. The molecular weight excluding hydrogens is 298 g/mol. The number of aryl methyl sites for hydroxylation is 1. The standard InChI is InChI=1S/C15H17N5O3/c1-19-9-17-14(20(22)23)15(19)18-11(8-21)6-10-7-16-13-5-3-2-4-12(10)13/h2-5,7,9,11,16,18,21H,6,8H2,1H3/t11-/m0/s1. The minimum Gasteiger partial charge on any atom is -0.394 e. The number of anilines is 1. The molecule has 0 radical (unpaired) electrons. The molecule has 0 aliphatic rings. The van der Waals surface area contributed by atoms with Crippen LogP contribution in [0.1, 0.15) is 5.56 Å². The van der Waals surface area contributed by atoms with Gasteiger partial charge in [0.05, 0.1) is 12.6 Å². The van der Waals surface area contributed by atoms with Gasteiger partial charge in [-0.05, 0) is 28.0 Å². The van der Waals surface area contributed by atoms with Gasteiger partial charge < -0.3 is 25.5 Å². The normalized spacial score (nSPS) is 12.4. The summed E-state index contributed by atoms with van der Waals surface area (Å²) in [7, 11) is 1.67. The van der Waals surface area contributed by atoms with Crippen molar-refractivity contribution in [3.05, 3.63) is 52.5 Å². The maximum Gasteiger partial charge on any atom is 0.406 e. The summed E-state index contributed by atoms with van der Waals surface area (Å²) in [5.41, 5.74) is 2.06. The van der Waals surface area contributed by atoms with Crippen LogP contribution in [-0.2, 0) is 13.5 Å². The first-order valence-electron chi connectivity index (χ1n) is 7.18. The van der Waals surface area contributed by atoms with Crippen molar-refractivity contribution in [1.29, 1.82) is 0 Å². The number of H-pyrrole nitrogens is 1. The van der Waals surface area contributed by atoms with Crippen molar-refractivity contribution in [1.82, 2.24) is 14.5 Å². The van der Waals surface area contributed by atoms with Crippen molar-refractivity contribution < 1.29 is 10.0 Å². The summed E-state index contributed by atoms with van der Waals surface area (Å²) in [5.74, 6) is 0.0405. The quantitative estimate of drug-likeness (QED) is 0.475. The first-order chi connectivity index (χ1) is 11.1. The zero-order valence-electron chi connectivity index (χ0n) is 12.6. The van der Waals surface area contributed by atoms with Gasteiger partial charge in [0.15, 0.2) is 0 Å². The van der Waals surface area contributed by atoms with Crippen LogP contribution < -0.4 is 5.32 Å². The van der Waals surface area contributed by atoms with Crippen LogP contribution in [0.15, 0.2) is 36.8 Å². The number of aromatic amines is 1. The van der Waals surface area contributed by atoms with Crippen molar-refractivity contribution in [2.75, 3.05) is 11.9 Å². The van der Waals surface area contributed by atoms with Gasteiger partial charge in [0.25, 0.3) is 0 Å². The van der Waals surface area contributed by atoms with Crippen LogP contribution in [0.5, 0.6) is 0 Å². The molecule has 2 aromatic heterocycles. The lowest BCUT2D eigenvalue weighted by Crippen LogP contribution is -2.27. The molecule has 0 saturated heterocycles. The summed E-state index contributed by atoms with van der Waals surface area (Å²) >= 11 is 0. The number of hydrogen-bond acceptors (Lipinski definition) is 5.